The van der Waals surface area contributed by atoms with Crippen molar-refractivity contribution < 1.29 is 4.74 Å². The molecule has 1 heterocycles. The predicted molar refractivity (Wildman–Crippen MR) is 35.9 cm³/mol. The van der Waals surface area contributed by atoms with Gasteiger partial charge in [0.05, 0.1) is 13.2 Å². The molecule has 0 aliphatic carbocycles. The molecule has 1 saturated heterocycles. The topological polar surface area (TPSA) is 12.5 Å². The highest BCUT2D eigenvalue weighted by atomic mass is 32.2. The molecule has 0 unspecified atom stereocenters. The molecule has 0 N–H and O–H groups in total. The molecule has 0 aromatic carbocycles. The second kappa shape index (κ2) is 3.33. The Balaban J connectivity index is 2.17. The molecular formula is C5H11NOS. The largest absolute Gasteiger partial charge is 0.379 e. The summed E-state index contributed by atoms with van der Waals surface area (Å²) < 4.78 is 7.42. The average Bonchev–Trinajstić information content (AvgIpc) is 1.94. The minimum Gasteiger partial charge on any atom is -0.379 e. The number of nitrogens with zero attached hydrogens (tertiary/aromatic N) is 1. The molecule has 8 heavy (non-hydrogen) atoms. The summed E-state index contributed by atoms with van der Waals surface area (Å²) in [6, 6.07) is 0. The van der Waals surface area contributed by atoms with Crippen LogP contribution in [0.1, 0.15) is 0 Å². The van der Waals surface area contributed by atoms with E-state index in [0.29, 0.717) is 0 Å². The Kier molecular flexibility index (Phi) is 2.66. The van der Waals surface area contributed by atoms with Gasteiger partial charge in [0.1, 0.15) is 0 Å². The number of likely N-dealkylation sites (N-methyl/N-ethyl adjacent to an activating group) is 1. The molecule has 1 fully saturated rings. The van der Waals surface area contributed by atoms with Crippen molar-refractivity contribution in [1.82, 2.24) is 4.31 Å². The van der Waals surface area contributed by atoms with Crippen LogP contribution in [0.3, 0.4) is 0 Å². The molecule has 2 nitrogen and oxygen atoms in total. The first-order valence-electron chi connectivity index (χ1n) is 2.81. The summed E-state index contributed by atoms with van der Waals surface area (Å²) in [5.41, 5.74) is 0. The van der Waals surface area contributed by atoms with Gasteiger partial charge in [0.2, 0.25) is 0 Å². The summed E-state index contributed by atoms with van der Waals surface area (Å²) in [5, 5.41) is 0. The van der Waals surface area contributed by atoms with Crippen molar-refractivity contribution in [3.8, 4) is 0 Å². The molecule has 1 rings (SSSR count). The van der Waals surface area contributed by atoms with Gasteiger partial charge < -0.3 is 4.74 Å². The molecule has 1 aliphatic rings. The third-order valence-corrected chi connectivity index (χ3v) is 2.06. The quantitative estimate of drug-likeness (QED) is 0.449. The Morgan fingerprint density at radius 2 is 2.38 bits per heavy atom. The van der Waals surface area contributed by atoms with Crippen molar-refractivity contribution in [2.75, 3.05) is 32.6 Å². The average molecular weight is 133 g/mol. The SMILES string of the molecule is CN1CCOCCS1. The lowest BCUT2D eigenvalue weighted by molar-refractivity contribution is 0.150. The van der Waals surface area contributed by atoms with E-state index in [0.717, 1.165) is 25.5 Å². The molecule has 3 heteroatoms. The first-order chi connectivity index (χ1) is 3.89. The summed E-state index contributed by atoms with van der Waals surface area (Å²) >= 11 is 1.85. The van der Waals surface area contributed by atoms with Gasteiger partial charge in [0.15, 0.2) is 0 Å². The van der Waals surface area contributed by atoms with Crippen molar-refractivity contribution in [1.29, 1.82) is 0 Å². The van der Waals surface area contributed by atoms with Crippen molar-refractivity contribution >= 4 is 11.9 Å². The number of hydrogen-bond donors (Lipinski definition) is 0. The Morgan fingerprint density at radius 1 is 1.50 bits per heavy atom. The minimum atomic E-state index is 0.892. The van der Waals surface area contributed by atoms with E-state index in [-0.39, 0.29) is 0 Å². The fourth-order valence-electron chi connectivity index (χ4n) is 0.612. The molecule has 0 bridgehead atoms. The Morgan fingerprint density at radius 3 is 3.25 bits per heavy atom. The number of hydrogen-bond acceptors (Lipinski definition) is 3. The van der Waals surface area contributed by atoms with E-state index in [4.69, 9.17) is 4.74 Å². The van der Waals surface area contributed by atoms with E-state index < -0.39 is 0 Å². The van der Waals surface area contributed by atoms with Crippen LogP contribution in [0.4, 0.5) is 0 Å². The number of ether oxygens (including phenoxy) is 1. The van der Waals surface area contributed by atoms with Gasteiger partial charge in [-0.2, -0.15) is 0 Å². The summed E-state index contributed by atoms with van der Waals surface area (Å²) in [7, 11) is 2.10. The van der Waals surface area contributed by atoms with Gasteiger partial charge in [0, 0.05) is 12.3 Å². The highest BCUT2D eigenvalue weighted by Crippen LogP contribution is 2.08. The zero-order chi connectivity index (χ0) is 5.82. The van der Waals surface area contributed by atoms with E-state index >= 15 is 0 Å². The minimum absolute atomic E-state index is 0.892. The van der Waals surface area contributed by atoms with Crippen molar-refractivity contribution in [3.05, 3.63) is 0 Å². The van der Waals surface area contributed by atoms with Crippen LogP contribution in [0, 0.1) is 0 Å². The highest BCUT2D eigenvalue weighted by Gasteiger charge is 2.02. The smallest absolute Gasteiger partial charge is 0.0603 e. The highest BCUT2D eigenvalue weighted by molar-refractivity contribution is 7.97. The van der Waals surface area contributed by atoms with Gasteiger partial charge in [-0.1, -0.05) is 11.9 Å². The van der Waals surface area contributed by atoms with Crippen LogP contribution in [0.15, 0.2) is 0 Å². The van der Waals surface area contributed by atoms with Crippen LogP contribution in [0.5, 0.6) is 0 Å². The molecule has 0 atom stereocenters. The van der Waals surface area contributed by atoms with Crippen molar-refractivity contribution in [2.45, 2.75) is 0 Å². The maximum Gasteiger partial charge on any atom is 0.0603 e. The summed E-state index contributed by atoms with van der Waals surface area (Å²) in [5.74, 6) is 1.11. The molecular weight excluding hydrogens is 122 g/mol. The van der Waals surface area contributed by atoms with Crippen LogP contribution in [-0.4, -0.2) is 36.9 Å². The van der Waals surface area contributed by atoms with Crippen LogP contribution in [0.25, 0.3) is 0 Å². The molecule has 0 aromatic rings. The molecule has 0 spiro atoms. The monoisotopic (exact) mass is 133 g/mol. The molecule has 0 amide bonds. The lowest BCUT2D eigenvalue weighted by Crippen LogP contribution is -2.12. The Bertz CT molecular complexity index is 61.4. The Hall–Kier alpha value is 0.270. The normalized spacial score (nSPS) is 25.1. The molecule has 0 radical (unpaired) electrons. The van der Waals surface area contributed by atoms with E-state index in [1.165, 1.54) is 0 Å². The Labute approximate surface area is 54.3 Å². The molecule has 1 aliphatic heterocycles. The summed E-state index contributed by atoms with van der Waals surface area (Å²) in [6.45, 7) is 2.86. The second-order valence-corrected chi connectivity index (χ2v) is 3.09. The maximum absolute atomic E-state index is 5.20. The van der Waals surface area contributed by atoms with Crippen LogP contribution < -0.4 is 0 Å². The van der Waals surface area contributed by atoms with Crippen molar-refractivity contribution in [2.24, 2.45) is 0 Å². The first-order valence-corrected chi connectivity index (χ1v) is 3.75. The van der Waals surface area contributed by atoms with Crippen LogP contribution in [0.2, 0.25) is 0 Å². The van der Waals surface area contributed by atoms with Gasteiger partial charge in [-0.25, -0.2) is 0 Å². The lowest BCUT2D eigenvalue weighted by atomic mass is 10.7. The van der Waals surface area contributed by atoms with E-state index in [1.807, 2.05) is 11.9 Å². The molecule has 48 valence electrons. The van der Waals surface area contributed by atoms with Gasteiger partial charge in [-0.05, 0) is 7.05 Å². The zero-order valence-corrected chi connectivity index (χ0v) is 5.91. The van der Waals surface area contributed by atoms with Gasteiger partial charge in [-0.3, -0.25) is 4.31 Å². The standard InChI is InChI=1S/C5H11NOS/c1-6-2-3-7-4-5-8-6/h2-5H2,1H3. The van der Waals surface area contributed by atoms with E-state index in [1.54, 1.807) is 0 Å². The predicted octanol–water partition coefficient (Wildman–Crippen LogP) is 0.597. The molecule has 0 aromatic heterocycles. The van der Waals surface area contributed by atoms with Gasteiger partial charge >= 0.3 is 0 Å². The lowest BCUT2D eigenvalue weighted by Gasteiger charge is -2.08. The van der Waals surface area contributed by atoms with E-state index in [2.05, 4.69) is 11.4 Å². The maximum atomic E-state index is 5.20. The first kappa shape index (κ1) is 6.39. The zero-order valence-electron chi connectivity index (χ0n) is 5.09. The van der Waals surface area contributed by atoms with E-state index in [9.17, 15) is 0 Å². The fraction of sp³-hybridized carbons (Fsp3) is 1.00. The van der Waals surface area contributed by atoms with Gasteiger partial charge in [0.25, 0.3) is 0 Å². The summed E-state index contributed by atoms with van der Waals surface area (Å²) in [6.07, 6.45) is 0. The summed E-state index contributed by atoms with van der Waals surface area (Å²) in [4.78, 5) is 0. The molecule has 0 saturated carbocycles. The van der Waals surface area contributed by atoms with Gasteiger partial charge in [-0.15, -0.1) is 0 Å². The fourth-order valence-corrected chi connectivity index (χ4v) is 1.32. The third kappa shape index (κ3) is 2.03. The van der Waals surface area contributed by atoms with Crippen molar-refractivity contribution in [3.63, 3.8) is 0 Å². The second-order valence-electron chi connectivity index (χ2n) is 1.80. The van der Waals surface area contributed by atoms with Crippen LogP contribution in [-0.2, 0) is 4.74 Å². The number of rotatable bonds is 0. The van der Waals surface area contributed by atoms with Crippen LogP contribution >= 0.6 is 11.9 Å². The third-order valence-electron chi connectivity index (χ3n) is 1.09.